The van der Waals surface area contributed by atoms with Gasteiger partial charge >= 0.3 is 29.4 Å². The van der Waals surface area contributed by atoms with Crippen LogP contribution in [0.3, 0.4) is 0 Å². The van der Waals surface area contributed by atoms with Crippen LogP contribution in [0, 0.1) is 268 Å². The van der Waals surface area contributed by atoms with Gasteiger partial charge in [0, 0.05) is 0 Å². The van der Waals surface area contributed by atoms with Crippen molar-refractivity contribution in [2.24, 2.45) is 0 Å². The molecule has 0 heterocycles. The van der Waals surface area contributed by atoms with Gasteiger partial charge in [-0.3, -0.25) is 0 Å². The molecule has 10 aromatic rings. The summed E-state index contributed by atoms with van der Waals surface area (Å²) in [7, 11) is 0. The summed E-state index contributed by atoms with van der Waals surface area (Å²) >= 11 is -9.34. The molecule has 0 spiro atoms. The zero-order chi connectivity index (χ0) is 88.5. The molecule has 0 aromatic heterocycles. The van der Waals surface area contributed by atoms with Crippen molar-refractivity contribution in [1.29, 1.82) is 0 Å². The first-order valence-corrected chi connectivity index (χ1v) is 33.6. The molecule has 4 nitrogen and oxygen atoms in total. The lowest BCUT2D eigenvalue weighted by atomic mass is 9.92. The van der Waals surface area contributed by atoms with Crippen LogP contribution in [0.15, 0.2) is 0 Å². The van der Waals surface area contributed by atoms with E-state index in [4.69, 9.17) is 7.58 Å². The zero-order valence-electron chi connectivity index (χ0n) is 54.2. The van der Waals surface area contributed by atoms with Gasteiger partial charge in [-0.05, 0) is 5.28 Å². The van der Waals surface area contributed by atoms with Gasteiger partial charge in [0.25, 0.3) is 0 Å². The van der Waals surface area contributed by atoms with E-state index in [2.05, 4.69) is 0 Å². The quantitative estimate of drug-likeness (QED) is 0.0413. The molecule has 117 heavy (non-hydrogen) atoms. The zero-order valence-corrected chi connectivity index (χ0v) is 56.5. The Morgan fingerprint density at radius 2 is 0.291 bits per heavy atom. The number of hydrogen-bond donors (Lipinski definition) is 2. The lowest BCUT2D eigenvalue weighted by molar-refractivity contribution is 0.115. The highest BCUT2D eigenvalue weighted by molar-refractivity contribution is 6.64. The molecule has 0 amide bonds. The molecular formula is C65H12Al2F46N2O2. The van der Waals surface area contributed by atoms with E-state index in [-0.39, 0.29) is 6.92 Å². The fourth-order valence-corrected chi connectivity index (χ4v) is 13.8. The van der Waals surface area contributed by atoms with E-state index in [1.165, 1.54) is 0 Å². The third-order valence-electron chi connectivity index (χ3n) is 16.1. The number of benzene rings is 10. The Morgan fingerprint density at radius 3 is 0.419 bits per heavy atom. The van der Waals surface area contributed by atoms with Gasteiger partial charge in [0.05, 0.1) is 90.3 Å². The van der Waals surface area contributed by atoms with Crippen LogP contribution >= 0.6 is 0 Å². The van der Waals surface area contributed by atoms with Crippen molar-refractivity contribution < 1.29 is 210 Å². The van der Waals surface area contributed by atoms with Crippen molar-refractivity contribution in [2.45, 2.75) is 30.2 Å². The van der Waals surface area contributed by atoms with E-state index < -0.39 is 393 Å². The number of halogens is 46. The third-order valence-corrected chi connectivity index (χ3v) is 19.4. The Morgan fingerprint density at radius 1 is 0.179 bits per heavy atom. The fourth-order valence-electron chi connectivity index (χ4n) is 10.7. The highest BCUT2D eigenvalue weighted by atomic mass is 27.2. The number of hydrogen-bond acceptors (Lipinski definition) is 4. The normalized spacial score (nSPS) is 11.7. The predicted octanol–water partition coefficient (Wildman–Crippen LogP) is 23.5. The fraction of sp³-hybridized carbons (Fsp3) is 0.0769. The molecule has 0 saturated heterocycles. The van der Waals surface area contributed by atoms with Crippen molar-refractivity contribution >= 4 is 40.8 Å². The lowest BCUT2D eigenvalue weighted by Gasteiger charge is -2.30. The Balaban J connectivity index is 0.000000508. The van der Waals surface area contributed by atoms with Crippen LogP contribution in [0.1, 0.15) is 41.4 Å². The molecule has 0 aliphatic heterocycles. The van der Waals surface area contributed by atoms with Crippen molar-refractivity contribution in [2.75, 3.05) is 8.60 Å². The third kappa shape index (κ3) is 14.5. The Hall–Kier alpha value is -10.4. The smallest absolute Gasteiger partial charge is 0.469 e. The predicted molar refractivity (Wildman–Crippen MR) is 299 cm³/mol. The summed E-state index contributed by atoms with van der Waals surface area (Å²) < 4.78 is 698. The van der Waals surface area contributed by atoms with Crippen molar-refractivity contribution in [3.63, 3.8) is 0 Å². The largest absolute Gasteiger partial charge is 0.675 e. The molecule has 0 bridgehead atoms. The maximum absolute atomic E-state index is 16.6. The summed E-state index contributed by atoms with van der Waals surface area (Å²) in [5.41, 5.74) is -41.0. The highest BCUT2D eigenvalue weighted by Gasteiger charge is 2.49. The van der Waals surface area contributed by atoms with Crippen LogP contribution in [-0.2, 0) is 7.58 Å². The Bertz CT molecular complexity index is 5010. The molecule has 0 saturated carbocycles. The van der Waals surface area contributed by atoms with Gasteiger partial charge in [-0.15, -0.1) is 0 Å². The standard InChI is InChI=1S/2C25HF18O.2C6HF5N.C2H5.CH3.2Al/c2*26-7-1(3-11(30)19(38)23(42)20(39)12(3)31)8(27)16(35)5(15(7)34)25(44)6-17(36)9(28)2(10(29)18(6)37)4-13(32)21(40)24(43)22(41)14(4)33;2*7-1-2(8)4(10)6(12)5(11)3(1)9;1-2;;;/h2*25H;2*12H;1H2,2H3;1H3;;/q4*-1;;;2*+2. The van der Waals surface area contributed by atoms with E-state index in [9.17, 15) is 132 Å². The molecule has 0 aliphatic rings. The molecule has 2 N–H and O–H groups in total. The van der Waals surface area contributed by atoms with Crippen molar-refractivity contribution in [3.05, 3.63) is 290 Å². The molecule has 0 aliphatic carbocycles. The summed E-state index contributed by atoms with van der Waals surface area (Å²) in [5.74, 6) is -147. The van der Waals surface area contributed by atoms with Crippen LogP contribution in [0.25, 0.3) is 44.5 Å². The van der Waals surface area contributed by atoms with Gasteiger partial charge in [0.15, 0.2) is 233 Å². The van der Waals surface area contributed by atoms with Crippen molar-refractivity contribution in [3.8, 4) is 44.5 Å². The number of rotatable bonds is 17. The monoisotopic (exact) mass is 1780 g/mol. The van der Waals surface area contributed by atoms with E-state index in [0.29, 0.717) is 0 Å². The summed E-state index contributed by atoms with van der Waals surface area (Å²) in [6.45, 7) is 0.256. The number of anilines is 2. The Labute approximate surface area is 621 Å². The SMILES string of the molecule is C[CH2][Al]([O]C(c1c(F)c(F)c(-c2c(F)c(F)c(F)c(F)c2F)c(F)c1F)c1c(F)c(F)c(-c2c(F)c(F)c(F)c(F)c2F)c(F)c1F)[O]C(c1c(F)c(F)c(-c2c(F)c(F)c(F)c(F)c2F)c(F)c1F)c1c(F)c(F)c(-c2c(F)c(F)c(F)c(F)c2F)c(F)c1F.[CH3][Al]([NH]c1c(F)c(F)c(F)c(F)c1F)[NH]c1c(F)c(F)c(F)c(F)c1F. The molecule has 10 rings (SSSR count). The molecule has 0 atom stereocenters. The average Bonchev–Trinajstić information content (AvgIpc) is 0.730. The highest BCUT2D eigenvalue weighted by Crippen LogP contribution is 2.50. The van der Waals surface area contributed by atoms with E-state index in [1.54, 1.807) is 8.60 Å². The maximum atomic E-state index is 16.6. The maximum Gasteiger partial charge on any atom is 0.675 e. The molecule has 0 radical (unpaired) electrons. The molecule has 622 valence electrons. The van der Waals surface area contributed by atoms with Crippen LogP contribution < -0.4 is 8.60 Å². The second-order valence-corrected chi connectivity index (χ2v) is 27.0. The van der Waals surface area contributed by atoms with Gasteiger partial charge in [0.1, 0.15) is 0 Å². The molecule has 0 unspecified atom stereocenters. The van der Waals surface area contributed by atoms with E-state index >= 15 is 70.2 Å². The molecule has 10 aromatic carbocycles. The first-order chi connectivity index (χ1) is 54.2. The van der Waals surface area contributed by atoms with Gasteiger partial charge < -0.3 is 16.2 Å². The summed E-state index contributed by atoms with van der Waals surface area (Å²) in [6, 6.07) is 0. The van der Waals surface area contributed by atoms with E-state index in [0.717, 1.165) is 5.79 Å². The van der Waals surface area contributed by atoms with Crippen LogP contribution in [0.5, 0.6) is 0 Å². The summed E-state index contributed by atoms with van der Waals surface area (Å²) in [5, 5.41) is -1.83. The Kier molecular flexibility index (Phi) is 25.6. The van der Waals surface area contributed by atoms with Gasteiger partial charge in [-0.2, -0.15) is 0 Å². The lowest BCUT2D eigenvalue weighted by Crippen LogP contribution is -2.33. The minimum Gasteiger partial charge on any atom is -0.469 e. The van der Waals surface area contributed by atoms with Gasteiger partial charge in [0.2, 0.25) is 34.9 Å². The first-order valence-electron chi connectivity index (χ1n) is 29.6. The molecule has 52 heteroatoms. The minimum atomic E-state index is -6.08. The van der Waals surface area contributed by atoms with Gasteiger partial charge in [-0.25, -0.2) is 202 Å². The summed E-state index contributed by atoms with van der Waals surface area (Å²) in [4.78, 5) is 0. The molecular weight excluding hydrogens is 1770 g/mol. The van der Waals surface area contributed by atoms with Crippen molar-refractivity contribution in [1.82, 2.24) is 0 Å². The molecule has 0 fully saturated rings. The van der Waals surface area contributed by atoms with E-state index in [1.807, 2.05) is 0 Å². The van der Waals surface area contributed by atoms with Crippen LogP contribution in [-0.4, -0.2) is 29.4 Å². The summed E-state index contributed by atoms with van der Waals surface area (Å²) in [6.07, 6.45) is -9.39. The van der Waals surface area contributed by atoms with Crippen LogP contribution in [0.4, 0.5) is 213 Å². The van der Waals surface area contributed by atoms with Gasteiger partial charge in [-0.1, -0.05) is 12.7 Å². The average molecular weight is 1780 g/mol. The van der Waals surface area contributed by atoms with Crippen LogP contribution in [0.2, 0.25) is 11.1 Å². The minimum absolute atomic E-state index is 0.256. The second kappa shape index (κ2) is 33.2. The topological polar surface area (TPSA) is 42.5 Å². The number of nitrogens with one attached hydrogen (secondary N) is 2. The second-order valence-electron chi connectivity index (χ2n) is 22.7. The first kappa shape index (κ1) is 90.5.